The number of carbonyl (C=O) groups is 1. The highest BCUT2D eigenvalue weighted by Crippen LogP contribution is 2.11. The van der Waals surface area contributed by atoms with E-state index in [1.165, 1.54) is 57.8 Å². The highest BCUT2D eigenvalue weighted by Gasteiger charge is 2.08. The predicted molar refractivity (Wildman–Crippen MR) is 126 cm³/mol. The van der Waals surface area contributed by atoms with Crippen molar-refractivity contribution in [2.75, 3.05) is 25.0 Å². The molecule has 0 aliphatic heterocycles. The van der Waals surface area contributed by atoms with Crippen LogP contribution in [0.3, 0.4) is 0 Å². The van der Waals surface area contributed by atoms with E-state index in [-0.39, 0.29) is 19.1 Å². The maximum absolute atomic E-state index is 11.9. The van der Waals surface area contributed by atoms with Gasteiger partial charge in [-0.05, 0) is 49.9 Å². The number of nitrogens with one attached hydrogen (secondary N) is 2. The van der Waals surface area contributed by atoms with Crippen LogP contribution >= 0.6 is 0 Å². The van der Waals surface area contributed by atoms with Gasteiger partial charge in [0.1, 0.15) is 0 Å². The molecule has 0 radical (unpaired) electrons. The average molecular weight is 419 g/mol. The summed E-state index contributed by atoms with van der Waals surface area (Å²) in [5.41, 5.74) is 1.53. The summed E-state index contributed by atoms with van der Waals surface area (Å²) in [6.45, 7) is 2.84. The van der Waals surface area contributed by atoms with Crippen molar-refractivity contribution in [1.82, 2.24) is 5.32 Å². The second-order valence-corrected chi connectivity index (χ2v) is 7.93. The van der Waals surface area contributed by atoms with Crippen molar-refractivity contribution in [3.05, 3.63) is 42.0 Å². The first kappa shape index (κ1) is 26.2. The summed E-state index contributed by atoms with van der Waals surface area (Å²) < 4.78 is 0. The maximum atomic E-state index is 11.9. The number of carbonyl (C=O) groups excluding carboxylic acids is 1. The van der Waals surface area contributed by atoms with Gasteiger partial charge in [0.15, 0.2) is 0 Å². The van der Waals surface area contributed by atoms with E-state index in [0.29, 0.717) is 5.56 Å². The molecule has 0 bridgehead atoms. The number of hydrogen-bond donors (Lipinski definition) is 4. The molecule has 170 valence electrons. The summed E-state index contributed by atoms with van der Waals surface area (Å²) in [5.74, 6) is -0.254. The first-order chi connectivity index (χ1) is 14.7. The van der Waals surface area contributed by atoms with Crippen molar-refractivity contribution in [3.8, 4) is 0 Å². The van der Waals surface area contributed by atoms with Gasteiger partial charge in [0, 0.05) is 24.3 Å². The molecule has 0 fully saturated rings. The molecule has 1 rings (SSSR count). The molecule has 1 unspecified atom stereocenters. The molecule has 1 atom stereocenters. The second-order valence-electron chi connectivity index (χ2n) is 7.93. The lowest BCUT2D eigenvalue weighted by Gasteiger charge is -2.10. The number of rotatable bonds is 18. The Morgan fingerprint density at radius 3 is 2.17 bits per heavy atom. The third-order valence-electron chi connectivity index (χ3n) is 5.12. The summed E-state index contributed by atoms with van der Waals surface area (Å²) in [5, 5.41) is 24.0. The van der Waals surface area contributed by atoms with Gasteiger partial charge in [-0.15, -0.1) is 0 Å². The molecule has 0 spiro atoms. The number of hydrogen-bond acceptors (Lipinski definition) is 4. The molecule has 1 aromatic carbocycles. The molecule has 5 heteroatoms. The number of aliphatic hydroxyl groups is 2. The molecule has 30 heavy (non-hydrogen) atoms. The van der Waals surface area contributed by atoms with Gasteiger partial charge in [0.25, 0.3) is 5.91 Å². The van der Waals surface area contributed by atoms with E-state index >= 15 is 0 Å². The van der Waals surface area contributed by atoms with Gasteiger partial charge in [-0.2, -0.15) is 0 Å². The molecule has 4 N–H and O–H groups in total. The fourth-order valence-corrected chi connectivity index (χ4v) is 3.20. The van der Waals surface area contributed by atoms with E-state index in [1.54, 1.807) is 12.1 Å². The summed E-state index contributed by atoms with van der Waals surface area (Å²) >= 11 is 0. The Morgan fingerprint density at radius 1 is 0.933 bits per heavy atom. The molecule has 1 aromatic rings. The smallest absolute Gasteiger partial charge is 0.251 e. The van der Waals surface area contributed by atoms with Gasteiger partial charge in [0.2, 0.25) is 0 Å². The largest absolute Gasteiger partial charge is 0.394 e. The Kier molecular flexibility index (Phi) is 15.7. The van der Waals surface area contributed by atoms with Gasteiger partial charge in [-0.1, -0.05) is 64.0 Å². The molecule has 0 aromatic heterocycles. The zero-order valence-corrected chi connectivity index (χ0v) is 18.7. The van der Waals surface area contributed by atoms with Crippen LogP contribution in [0.1, 0.15) is 87.9 Å². The predicted octanol–water partition coefficient (Wildman–Crippen LogP) is 5.05. The Labute approximate surface area is 183 Å². The van der Waals surface area contributed by atoms with Crippen molar-refractivity contribution in [3.63, 3.8) is 0 Å². The molecule has 0 saturated heterocycles. The zero-order valence-electron chi connectivity index (χ0n) is 18.7. The normalized spacial score (nSPS) is 12.2. The number of benzene rings is 1. The van der Waals surface area contributed by atoms with E-state index in [1.807, 2.05) is 12.1 Å². The summed E-state index contributed by atoms with van der Waals surface area (Å²) in [6, 6.07) is 7.28. The van der Waals surface area contributed by atoms with Crippen LogP contribution in [-0.4, -0.2) is 41.9 Å². The van der Waals surface area contributed by atoms with Crippen LogP contribution in [0.5, 0.6) is 0 Å². The molecule has 0 heterocycles. The lowest BCUT2D eigenvalue weighted by molar-refractivity contribution is 0.0802. The van der Waals surface area contributed by atoms with Crippen molar-refractivity contribution >= 4 is 11.6 Å². The Bertz CT molecular complexity index is 572. The van der Waals surface area contributed by atoms with Crippen LogP contribution < -0.4 is 10.6 Å². The number of unbranched alkanes of at least 4 members (excludes halogenated alkanes) is 9. The minimum atomic E-state index is -0.927. The van der Waals surface area contributed by atoms with E-state index in [2.05, 4.69) is 29.7 Å². The van der Waals surface area contributed by atoms with Gasteiger partial charge in [-0.25, -0.2) is 0 Å². The van der Waals surface area contributed by atoms with E-state index < -0.39 is 6.10 Å². The van der Waals surface area contributed by atoms with Crippen LogP contribution in [0.4, 0.5) is 5.69 Å². The Morgan fingerprint density at radius 2 is 1.53 bits per heavy atom. The van der Waals surface area contributed by atoms with Crippen LogP contribution in [0.2, 0.25) is 0 Å². The van der Waals surface area contributed by atoms with Crippen molar-refractivity contribution in [2.45, 2.75) is 83.7 Å². The SMILES string of the molecule is CCCCCCCCCC/C=C/CCCNc1ccc(C(=O)NCC(O)CO)cc1. The Balaban J connectivity index is 2.03. The molecule has 0 aliphatic rings. The van der Waals surface area contributed by atoms with Crippen LogP contribution in [0.15, 0.2) is 36.4 Å². The number of aliphatic hydroxyl groups excluding tert-OH is 2. The second kappa shape index (κ2) is 18.0. The molecule has 1 amide bonds. The zero-order chi connectivity index (χ0) is 21.9. The molecule has 5 nitrogen and oxygen atoms in total. The van der Waals surface area contributed by atoms with Crippen molar-refractivity contribution in [2.24, 2.45) is 0 Å². The fraction of sp³-hybridized carbons (Fsp3) is 0.640. The molecule has 0 aliphatic carbocycles. The standard InChI is InChI=1S/C25H42N2O3/c1-2-3-4-5-6-7-8-9-10-11-12-13-14-19-26-23-17-15-22(16-18-23)25(30)27-20-24(29)21-28/h11-12,15-18,24,26,28-29H,2-10,13-14,19-21H2,1H3,(H,27,30)/b12-11+. The van der Waals surface area contributed by atoms with Crippen molar-refractivity contribution in [1.29, 1.82) is 0 Å². The Hall–Kier alpha value is -1.85. The number of anilines is 1. The maximum Gasteiger partial charge on any atom is 0.251 e. The van der Waals surface area contributed by atoms with Gasteiger partial charge in [-0.3, -0.25) is 4.79 Å². The lowest BCUT2D eigenvalue weighted by atomic mass is 10.1. The van der Waals surface area contributed by atoms with Gasteiger partial charge in [0.05, 0.1) is 12.7 Å². The first-order valence-corrected chi connectivity index (χ1v) is 11.7. The lowest BCUT2D eigenvalue weighted by Crippen LogP contribution is -2.33. The summed E-state index contributed by atoms with van der Waals surface area (Å²) in [4.78, 5) is 11.9. The number of amides is 1. The highest BCUT2D eigenvalue weighted by molar-refractivity contribution is 5.94. The molecular weight excluding hydrogens is 376 g/mol. The molecular formula is C25H42N2O3. The van der Waals surface area contributed by atoms with Crippen molar-refractivity contribution < 1.29 is 15.0 Å². The van der Waals surface area contributed by atoms with Gasteiger partial charge < -0.3 is 20.8 Å². The first-order valence-electron chi connectivity index (χ1n) is 11.7. The monoisotopic (exact) mass is 418 g/mol. The van der Waals surface area contributed by atoms with Gasteiger partial charge >= 0.3 is 0 Å². The minimum absolute atomic E-state index is 0.0436. The van der Waals surface area contributed by atoms with E-state index in [0.717, 1.165) is 25.1 Å². The summed E-state index contributed by atoms with van der Waals surface area (Å²) in [7, 11) is 0. The average Bonchev–Trinajstić information content (AvgIpc) is 2.77. The molecule has 0 saturated carbocycles. The van der Waals surface area contributed by atoms with E-state index in [4.69, 9.17) is 5.11 Å². The fourth-order valence-electron chi connectivity index (χ4n) is 3.20. The van der Waals surface area contributed by atoms with Crippen LogP contribution in [0, 0.1) is 0 Å². The third-order valence-corrected chi connectivity index (χ3v) is 5.12. The van der Waals surface area contributed by atoms with Crippen LogP contribution in [-0.2, 0) is 0 Å². The minimum Gasteiger partial charge on any atom is -0.394 e. The quantitative estimate of drug-likeness (QED) is 0.199. The summed E-state index contributed by atoms with van der Waals surface area (Å²) in [6.07, 6.45) is 18.0. The third kappa shape index (κ3) is 13.4. The number of allylic oxidation sites excluding steroid dienone is 2. The van der Waals surface area contributed by atoms with Crippen LogP contribution in [0.25, 0.3) is 0 Å². The highest BCUT2D eigenvalue weighted by atomic mass is 16.3. The van der Waals surface area contributed by atoms with E-state index in [9.17, 15) is 9.90 Å². The topological polar surface area (TPSA) is 81.6 Å².